The van der Waals surface area contributed by atoms with Gasteiger partial charge in [-0.1, -0.05) is 6.92 Å². The van der Waals surface area contributed by atoms with Gasteiger partial charge in [0.05, 0.1) is 6.02 Å². The third kappa shape index (κ3) is 2.10. The van der Waals surface area contributed by atoms with E-state index in [4.69, 9.17) is 0 Å². The molecule has 0 fully saturated rings. The van der Waals surface area contributed by atoms with Crippen molar-refractivity contribution in [1.29, 1.82) is 0 Å². The Morgan fingerprint density at radius 1 is 1.54 bits per heavy atom. The van der Waals surface area contributed by atoms with Crippen LogP contribution in [0.15, 0.2) is 4.99 Å². The number of rotatable bonds is 1. The van der Waals surface area contributed by atoms with Crippen LogP contribution in [-0.2, 0) is 9.59 Å². The van der Waals surface area contributed by atoms with Crippen molar-refractivity contribution in [3.8, 4) is 0 Å². The standard InChI is InChI=1S/C7H10N2O3.Na/c1-3-7(2)4(10)8-6(12)9-5(7)11;/h3H2,1-2H3,(H2,8,9,10,11,12);/q;+1/p-1. The summed E-state index contributed by atoms with van der Waals surface area (Å²) in [5, 5.41) is 12.6. The molecule has 1 atom stereocenters. The third-order valence-corrected chi connectivity index (χ3v) is 2.10. The quantitative estimate of drug-likeness (QED) is 0.337. The van der Waals surface area contributed by atoms with Crippen LogP contribution < -0.4 is 40.0 Å². The van der Waals surface area contributed by atoms with Gasteiger partial charge in [0.2, 0.25) is 5.91 Å². The summed E-state index contributed by atoms with van der Waals surface area (Å²) in [6.07, 6.45) is 0.342. The predicted molar refractivity (Wildman–Crippen MR) is 39.0 cm³/mol. The van der Waals surface area contributed by atoms with Gasteiger partial charge in [-0.25, -0.2) is 4.99 Å². The van der Waals surface area contributed by atoms with Crippen LogP contribution in [0.4, 0.5) is 0 Å². The summed E-state index contributed by atoms with van der Waals surface area (Å²) in [6.45, 7) is 3.17. The molecule has 0 radical (unpaired) electrons. The van der Waals surface area contributed by atoms with Crippen LogP contribution in [0.3, 0.4) is 0 Å². The van der Waals surface area contributed by atoms with Crippen molar-refractivity contribution in [2.75, 3.05) is 0 Å². The first kappa shape index (κ1) is 12.6. The van der Waals surface area contributed by atoms with E-state index in [0.717, 1.165) is 0 Å². The van der Waals surface area contributed by atoms with E-state index < -0.39 is 23.3 Å². The van der Waals surface area contributed by atoms with Crippen molar-refractivity contribution in [2.45, 2.75) is 20.3 Å². The molecule has 1 aliphatic rings. The van der Waals surface area contributed by atoms with Crippen LogP contribution >= 0.6 is 0 Å². The average Bonchev–Trinajstić information content (AvgIpc) is 2.00. The summed E-state index contributed by atoms with van der Waals surface area (Å²) in [6, 6.07) is -0.865. The molecular formula is C7H9N2NaO3. The number of amidine groups is 1. The molecule has 0 saturated heterocycles. The molecule has 13 heavy (non-hydrogen) atoms. The van der Waals surface area contributed by atoms with E-state index >= 15 is 0 Å². The first-order valence-corrected chi connectivity index (χ1v) is 3.62. The second-order valence-electron chi connectivity index (χ2n) is 2.86. The minimum Gasteiger partial charge on any atom is -0.846 e. The van der Waals surface area contributed by atoms with Crippen molar-refractivity contribution >= 4 is 17.8 Å². The zero-order chi connectivity index (χ0) is 9.35. The van der Waals surface area contributed by atoms with Crippen molar-refractivity contribution in [2.24, 2.45) is 10.4 Å². The van der Waals surface area contributed by atoms with Gasteiger partial charge in [0.25, 0.3) is 5.91 Å². The fourth-order valence-corrected chi connectivity index (χ4v) is 0.888. The smallest absolute Gasteiger partial charge is 0.846 e. The predicted octanol–water partition coefficient (Wildman–Crippen LogP) is -4.22. The van der Waals surface area contributed by atoms with Crippen LogP contribution in [0.1, 0.15) is 20.3 Å². The second kappa shape index (κ2) is 4.21. The second-order valence-corrected chi connectivity index (χ2v) is 2.86. The Balaban J connectivity index is 0.00000144. The average molecular weight is 192 g/mol. The molecule has 1 N–H and O–H groups in total. The fraction of sp³-hybridized carbons (Fsp3) is 0.571. The first-order chi connectivity index (χ1) is 5.50. The Kier molecular flexibility index (Phi) is 4.09. The van der Waals surface area contributed by atoms with Crippen molar-refractivity contribution < 1.29 is 44.3 Å². The maximum absolute atomic E-state index is 11.2. The fourth-order valence-electron chi connectivity index (χ4n) is 0.888. The SMILES string of the molecule is CCC1(C)C(=O)N=C([O-])NC1=O.[Na+]. The molecule has 1 rings (SSSR count). The monoisotopic (exact) mass is 192 g/mol. The molecule has 2 amide bonds. The molecule has 0 aromatic carbocycles. The van der Waals surface area contributed by atoms with Crippen LogP contribution in [0.2, 0.25) is 0 Å². The number of carbonyl (C=O) groups is 2. The maximum Gasteiger partial charge on any atom is 1.00 e. The minimum atomic E-state index is -1.16. The largest absolute Gasteiger partial charge is 1.00 e. The first-order valence-electron chi connectivity index (χ1n) is 3.62. The number of hydrogen-bond acceptors (Lipinski definition) is 3. The number of aliphatic imine (C=N–C) groups is 1. The number of nitrogens with zero attached hydrogens (tertiary/aromatic N) is 1. The molecule has 0 saturated carbocycles. The summed E-state index contributed by atoms with van der Waals surface area (Å²) < 4.78 is 0. The molecule has 1 heterocycles. The summed E-state index contributed by atoms with van der Waals surface area (Å²) in [4.78, 5) is 25.4. The molecule has 66 valence electrons. The number of carbonyl (C=O) groups excluding carboxylic acids is 2. The van der Waals surface area contributed by atoms with E-state index in [9.17, 15) is 14.7 Å². The van der Waals surface area contributed by atoms with Gasteiger partial charge >= 0.3 is 29.6 Å². The van der Waals surface area contributed by atoms with Gasteiger partial charge in [-0.2, -0.15) is 0 Å². The Morgan fingerprint density at radius 3 is 2.46 bits per heavy atom. The van der Waals surface area contributed by atoms with Gasteiger partial charge in [-0.3, -0.25) is 9.59 Å². The topological polar surface area (TPSA) is 81.6 Å². The van der Waals surface area contributed by atoms with E-state index in [1.165, 1.54) is 6.92 Å². The Labute approximate surface area is 97.9 Å². The van der Waals surface area contributed by atoms with Gasteiger partial charge in [0.1, 0.15) is 5.41 Å². The number of amides is 2. The molecular weight excluding hydrogens is 183 g/mol. The Hall–Kier alpha value is -0.390. The number of hydrogen-bond donors (Lipinski definition) is 1. The van der Waals surface area contributed by atoms with E-state index in [0.29, 0.717) is 6.42 Å². The maximum atomic E-state index is 11.2. The van der Waals surface area contributed by atoms with Gasteiger partial charge in [-0.15, -0.1) is 0 Å². The van der Waals surface area contributed by atoms with Gasteiger partial charge in [0, 0.05) is 0 Å². The van der Waals surface area contributed by atoms with Gasteiger partial charge in [-0.05, 0) is 13.3 Å². The molecule has 0 aromatic heterocycles. The zero-order valence-corrected chi connectivity index (χ0v) is 9.88. The Bertz CT molecular complexity index is 277. The molecule has 6 heteroatoms. The van der Waals surface area contributed by atoms with Crippen LogP contribution in [-0.4, -0.2) is 17.8 Å². The van der Waals surface area contributed by atoms with Gasteiger partial charge in [0.15, 0.2) is 0 Å². The van der Waals surface area contributed by atoms with Crippen molar-refractivity contribution in [3.63, 3.8) is 0 Å². The van der Waals surface area contributed by atoms with E-state index in [1.54, 1.807) is 6.92 Å². The van der Waals surface area contributed by atoms with Crippen LogP contribution in [0.5, 0.6) is 0 Å². The molecule has 1 unspecified atom stereocenters. The van der Waals surface area contributed by atoms with Gasteiger partial charge < -0.3 is 10.4 Å². The summed E-state index contributed by atoms with van der Waals surface area (Å²) >= 11 is 0. The zero-order valence-electron chi connectivity index (χ0n) is 7.88. The van der Waals surface area contributed by atoms with Crippen LogP contribution in [0, 0.1) is 5.41 Å². The van der Waals surface area contributed by atoms with Crippen molar-refractivity contribution in [3.05, 3.63) is 0 Å². The third-order valence-electron chi connectivity index (χ3n) is 2.10. The summed E-state index contributed by atoms with van der Waals surface area (Å²) in [5.41, 5.74) is -1.16. The molecule has 0 aliphatic carbocycles. The normalized spacial score (nSPS) is 27.4. The minimum absolute atomic E-state index is 0. The molecule has 0 aromatic rings. The number of nitrogens with one attached hydrogen (secondary N) is 1. The van der Waals surface area contributed by atoms with E-state index in [2.05, 4.69) is 4.99 Å². The molecule has 0 bridgehead atoms. The van der Waals surface area contributed by atoms with E-state index in [-0.39, 0.29) is 29.6 Å². The van der Waals surface area contributed by atoms with Crippen molar-refractivity contribution in [1.82, 2.24) is 5.32 Å². The van der Waals surface area contributed by atoms with Crippen LogP contribution in [0.25, 0.3) is 0 Å². The molecule has 0 spiro atoms. The van der Waals surface area contributed by atoms with E-state index in [1.807, 2.05) is 5.32 Å². The Morgan fingerprint density at radius 2 is 2.08 bits per heavy atom. The molecule has 5 nitrogen and oxygen atoms in total. The summed E-state index contributed by atoms with van der Waals surface area (Å²) in [7, 11) is 0. The summed E-state index contributed by atoms with van der Waals surface area (Å²) in [5.74, 6) is -1.21. The molecule has 1 aliphatic heterocycles.